The molecule has 1 heterocycles. The van der Waals surface area contributed by atoms with Crippen LogP contribution in [0.15, 0.2) is 0 Å². The van der Waals surface area contributed by atoms with Crippen LogP contribution in [-0.4, -0.2) is 35.6 Å². The van der Waals surface area contributed by atoms with Crippen molar-refractivity contribution in [1.29, 1.82) is 0 Å². The predicted molar refractivity (Wildman–Crippen MR) is 63.6 cm³/mol. The van der Waals surface area contributed by atoms with E-state index in [0.717, 1.165) is 0 Å². The van der Waals surface area contributed by atoms with Crippen LogP contribution in [0.4, 0.5) is 13.6 Å². The Labute approximate surface area is 106 Å². The van der Waals surface area contributed by atoms with E-state index in [1.54, 1.807) is 20.8 Å². The Balaban J connectivity index is 1.99. The molecule has 5 heteroatoms. The van der Waals surface area contributed by atoms with Crippen molar-refractivity contribution >= 4 is 6.09 Å². The molecule has 0 aromatic carbocycles. The molecule has 1 saturated carbocycles. The number of ether oxygens (including phenoxy) is 1. The minimum atomic E-state index is -2.62. The monoisotopic (exact) mass is 261 g/mol. The highest BCUT2D eigenvalue weighted by atomic mass is 19.3. The van der Waals surface area contributed by atoms with Crippen LogP contribution >= 0.6 is 0 Å². The lowest BCUT2D eigenvalue weighted by atomic mass is 9.87. The van der Waals surface area contributed by atoms with E-state index in [0.29, 0.717) is 19.4 Å². The molecule has 0 bridgehead atoms. The Kier molecular flexibility index (Phi) is 3.28. The van der Waals surface area contributed by atoms with Gasteiger partial charge in [0.25, 0.3) is 5.92 Å². The van der Waals surface area contributed by atoms with Crippen molar-refractivity contribution in [2.75, 3.05) is 13.1 Å². The molecule has 0 aromatic rings. The van der Waals surface area contributed by atoms with Gasteiger partial charge in [-0.3, -0.25) is 0 Å². The predicted octanol–water partition coefficient (Wildman–Crippen LogP) is 3.29. The molecule has 1 saturated heterocycles. The summed E-state index contributed by atoms with van der Waals surface area (Å²) in [4.78, 5) is 13.3. The third kappa shape index (κ3) is 2.75. The Morgan fingerprint density at radius 1 is 1.33 bits per heavy atom. The summed E-state index contributed by atoms with van der Waals surface area (Å²) in [5.74, 6) is -3.23. The summed E-state index contributed by atoms with van der Waals surface area (Å²) >= 11 is 0. The SMILES string of the molecule is CC(C)(C)OC(=O)N1CC[C@H]2CCC(F)(F)[C@H]2C1. The van der Waals surface area contributed by atoms with E-state index >= 15 is 0 Å². The number of rotatable bonds is 0. The summed E-state index contributed by atoms with van der Waals surface area (Å²) in [6.45, 7) is 6.00. The molecule has 0 unspecified atom stereocenters. The maximum Gasteiger partial charge on any atom is 0.410 e. The van der Waals surface area contributed by atoms with E-state index in [1.807, 2.05) is 0 Å². The fourth-order valence-corrected chi connectivity index (χ4v) is 2.88. The molecule has 18 heavy (non-hydrogen) atoms. The van der Waals surface area contributed by atoms with Crippen LogP contribution in [0.3, 0.4) is 0 Å². The van der Waals surface area contributed by atoms with E-state index < -0.39 is 23.5 Å². The Morgan fingerprint density at radius 2 is 2.00 bits per heavy atom. The Morgan fingerprint density at radius 3 is 2.61 bits per heavy atom. The average molecular weight is 261 g/mol. The number of halogens is 2. The van der Waals surface area contributed by atoms with Crippen LogP contribution in [0.1, 0.15) is 40.0 Å². The van der Waals surface area contributed by atoms with Gasteiger partial charge in [-0.2, -0.15) is 0 Å². The first-order chi connectivity index (χ1) is 8.19. The van der Waals surface area contributed by atoms with E-state index in [9.17, 15) is 13.6 Å². The van der Waals surface area contributed by atoms with Gasteiger partial charge in [-0.1, -0.05) is 0 Å². The molecule has 2 rings (SSSR count). The van der Waals surface area contributed by atoms with E-state index in [-0.39, 0.29) is 18.9 Å². The molecule has 2 atom stereocenters. The third-order valence-corrected chi connectivity index (χ3v) is 3.80. The zero-order valence-electron chi connectivity index (χ0n) is 11.2. The van der Waals surface area contributed by atoms with Gasteiger partial charge in [0.05, 0.1) is 0 Å². The van der Waals surface area contributed by atoms with Crippen LogP contribution in [0.2, 0.25) is 0 Å². The number of fused-ring (bicyclic) bond motifs is 1. The highest BCUT2D eigenvalue weighted by Crippen LogP contribution is 2.48. The lowest BCUT2D eigenvalue weighted by molar-refractivity contribution is -0.0703. The summed E-state index contributed by atoms with van der Waals surface area (Å²) in [6, 6.07) is 0. The number of hydrogen-bond acceptors (Lipinski definition) is 2. The van der Waals surface area contributed by atoms with Gasteiger partial charge >= 0.3 is 6.09 Å². The van der Waals surface area contributed by atoms with Crippen molar-refractivity contribution < 1.29 is 18.3 Å². The number of alkyl halides is 2. The zero-order valence-corrected chi connectivity index (χ0v) is 11.2. The number of nitrogens with zero attached hydrogens (tertiary/aromatic N) is 1. The molecular weight excluding hydrogens is 240 g/mol. The van der Waals surface area contributed by atoms with Gasteiger partial charge in [-0.15, -0.1) is 0 Å². The Hall–Kier alpha value is -0.870. The van der Waals surface area contributed by atoms with E-state index in [2.05, 4.69) is 0 Å². The molecule has 3 nitrogen and oxygen atoms in total. The number of piperidine rings is 1. The first-order valence-corrected chi connectivity index (χ1v) is 6.55. The first-order valence-electron chi connectivity index (χ1n) is 6.55. The maximum atomic E-state index is 13.7. The van der Waals surface area contributed by atoms with Crippen LogP contribution < -0.4 is 0 Å². The minimum absolute atomic E-state index is 0.0372. The fraction of sp³-hybridized carbons (Fsp3) is 0.923. The second-order valence-electron chi connectivity index (χ2n) is 6.38. The van der Waals surface area contributed by atoms with Gasteiger partial charge in [0.1, 0.15) is 5.60 Å². The maximum absolute atomic E-state index is 13.7. The third-order valence-electron chi connectivity index (χ3n) is 3.80. The van der Waals surface area contributed by atoms with Gasteiger partial charge in [0.2, 0.25) is 0 Å². The Bertz CT molecular complexity index is 338. The lowest BCUT2D eigenvalue weighted by Gasteiger charge is -2.37. The van der Waals surface area contributed by atoms with Crippen LogP contribution in [0.25, 0.3) is 0 Å². The molecule has 1 aliphatic carbocycles. The molecule has 1 aliphatic heterocycles. The average Bonchev–Trinajstić information content (AvgIpc) is 2.52. The van der Waals surface area contributed by atoms with Gasteiger partial charge < -0.3 is 9.64 Å². The summed E-state index contributed by atoms with van der Waals surface area (Å²) in [7, 11) is 0. The molecule has 2 fully saturated rings. The molecule has 0 spiro atoms. The molecular formula is C13H21F2NO2. The summed E-state index contributed by atoms with van der Waals surface area (Å²) in [6.07, 6.45) is 0.743. The zero-order chi connectivity index (χ0) is 13.6. The molecule has 0 aromatic heterocycles. The van der Waals surface area contributed by atoms with Crippen LogP contribution in [0, 0.1) is 11.8 Å². The van der Waals surface area contributed by atoms with Crippen molar-refractivity contribution in [2.24, 2.45) is 11.8 Å². The van der Waals surface area contributed by atoms with Crippen molar-refractivity contribution in [2.45, 2.75) is 51.6 Å². The quantitative estimate of drug-likeness (QED) is 0.669. The number of amides is 1. The number of carbonyl (C=O) groups excluding carboxylic acids is 1. The van der Waals surface area contributed by atoms with Crippen LogP contribution in [-0.2, 0) is 4.74 Å². The summed E-state index contributed by atoms with van der Waals surface area (Å²) in [5, 5.41) is 0. The number of hydrogen-bond donors (Lipinski definition) is 0. The topological polar surface area (TPSA) is 29.5 Å². The second kappa shape index (κ2) is 4.35. The minimum Gasteiger partial charge on any atom is -0.444 e. The second-order valence-corrected chi connectivity index (χ2v) is 6.38. The molecule has 104 valence electrons. The first kappa shape index (κ1) is 13.6. The van der Waals surface area contributed by atoms with E-state index in [4.69, 9.17) is 4.74 Å². The van der Waals surface area contributed by atoms with Gasteiger partial charge in [-0.25, -0.2) is 13.6 Å². The summed E-state index contributed by atoms with van der Waals surface area (Å²) < 4.78 is 32.6. The highest BCUT2D eigenvalue weighted by molar-refractivity contribution is 5.68. The van der Waals surface area contributed by atoms with Crippen molar-refractivity contribution in [3.05, 3.63) is 0 Å². The van der Waals surface area contributed by atoms with Crippen LogP contribution in [0.5, 0.6) is 0 Å². The standard InChI is InChI=1S/C13H21F2NO2/c1-12(2,3)18-11(17)16-7-5-9-4-6-13(14,15)10(9)8-16/h9-10H,4-8H2,1-3H3/t9-,10+/m1/s1. The van der Waals surface area contributed by atoms with E-state index in [1.165, 1.54) is 4.90 Å². The smallest absolute Gasteiger partial charge is 0.410 e. The number of carbonyl (C=O) groups is 1. The molecule has 0 N–H and O–H groups in total. The fourth-order valence-electron chi connectivity index (χ4n) is 2.88. The van der Waals surface area contributed by atoms with Crippen molar-refractivity contribution in [3.63, 3.8) is 0 Å². The normalized spacial score (nSPS) is 31.1. The number of likely N-dealkylation sites (tertiary alicyclic amines) is 1. The summed E-state index contributed by atoms with van der Waals surface area (Å²) in [5.41, 5.74) is -0.577. The van der Waals surface area contributed by atoms with Crippen molar-refractivity contribution in [1.82, 2.24) is 4.90 Å². The largest absolute Gasteiger partial charge is 0.444 e. The molecule has 2 aliphatic rings. The van der Waals surface area contributed by atoms with Gasteiger partial charge in [-0.05, 0) is 39.5 Å². The van der Waals surface area contributed by atoms with Crippen molar-refractivity contribution in [3.8, 4) is 0 Å². The highest BCUT2D eigenvalue weighted by Gasteiger charge is 2.52. The molecule has 0 radical (unpaired) electrons. The van der Waals surface area contributed by atoms with Gasteiger partial charge in [0, 0.05) is 25.4 Å². The molecule has 1 amide bonds. The van der Waals surface area contributed by atoms with Gasteiger partial charge in [0.15, 0.2) is 0 Å². The lowest BCUT2D eigenvalue weighted by Crippen LogP contribution is -2.48.